The largest absolute Gasteiger partial charge is 0.462 e. The minimum Gasteiger partial charge on any atom is -0.462 e. The maximum absolute atomic E-state index is 12.3. The molecule has 23 heavy (non-hydrogen) atoms. The summed E-state index contributed by atoms with van der Waals surface area (Å²) < 4.78 is 15.2. The molecule has 8 nitrogen and oxygen atoms in total. The normalized spacial score (nSPS) is 33.6. The maximum Gasteiger partial charge on any atom is 0.310 e. The molecule has 3 fully saturated rings. The number of aryl methyl sites for hydroxylation is 1. The van der Waals surface area contributed by atoms with Gasteiger partial charge in [0.05, 0.1) is 11.8 Å². The highest BCUT2D eigenvalue weighted by Gasteiger charge is 2.64. The summed E-state index contributed by atoms with van der Waals surface area (Å²) in [5, 5.41) is 6.10. The number of carbonyl (C=O) groups is 3. The minimum absolute atomic E-state index is 0.0275. The molecule has 1 amide bonds. The van der Waals surface area contributed by atoms with Crippen molar-refractivity contribution >= 4 is 23.7 Å². The highest BCUT2D eigenvalue weighted by Crippen LogP contribution is 2.57. The fourth-order valence-corrected chi connectivity index (χ4v) is 4.16. The summed E-state index contributed by atoms with van der Waals surface area (Å²) in [7, 11) is 0. The smallest absolute Gasteiger partial charge is 0.310 e. The number of amides is 1. The van der Waals surface area contributed by atoms with Gasteiger partial charge >= 0.3 is 11.9 Å². The fraction of sp³-hybridized carbons (Fsp3) is 0.600. The minimum atomic E-state index is -0.498. The van der Waals surface area contributed by atoms with Gasteiger partial charge in [0.15, 0.2) is 12.4 Å². The van der Waals surface area contributed by atoms with Gasteiger partial charge in [-0.3, -0.25) is 14.4 Å². The topological polar surface area (TPSA) is 108 Å². The lowest BCUT2D eigenvalue weighted by Crippen LogP contribution is -2.35. The van der Waals surface area contributed by atoms with E-state index in [0.717, 1.165) is 12.8 Å². The van der Waals surface area contributed by atoms with Crippen molar-refractivity contribution in [2.45, 2.75) is 25.9 Å². The fourth-order valence-electron chi connectivity index (χ4n) is 4.16. The van der Waals surface area contributed by atoms with Crippen LogP contribution in [0.15, 0.2) is 10.6 Å². The monoisotopic (exact) mass is 320 g/mol. The van der Waals surface area contributed by atoms with Crippen molar-refractivity contribution in [1.29, 1.82) is 0 Å². The second kappa shape index (κ2) is 5.07. The number of fused-ring (bicyclic) bond motifs is 1. The number of nitrogens with zero attached hydrogens (tertiary/aromatic N) is 1. The number of carbonyl (C=O) groups excluding carboxylic acids is 3. The zero-order valence-corrected chi connectivity index (χ0v) is 12.5. The van der Waals surface area contributed by atoms with Crippen LogP contribution in [0.2, 0.25) is 0 Å². The predicted molar refractivity (Wildman–Crippen MR) is 73.9 cm³/mol. The van der Waals surface area contributed by atoms with Crippen LogP contribution in [0.4, 0.5) is 5.82 Å². The molecule has 3 aliphatic rings. The first-order valence-electron chi connectivity index (χ1n) is 7.63. The van der Waals surface area contributed by atoms with Crippen LogP contribution < -0.4 is 5.32 Å². The van der Waals surface area contributed by atoms with Crippen LogP contribution in [0.5, 0.6) is 0 Å². The molecule has 1 saturated heterocycles. The molecule has 0 unspecified atom stereocenters. The maximum atomic E-state index is 12.3. The molecule has 0 spiro atoms. The molecule has 2 heterocycles. The Kier molecular flexibility index (Phi) is 3.14. The number of ether oxygens (including phenoxy) is 2. The lowest BCUT2D eigenvalue weighted by atomic mass is 9.80. The van der Waals surface area contributed by atoms with E-state index in [0.29, 0.717) is 5.76 Å². The number of esters is 2. The van der Waals surface area contributed by atoms with Crippen molar-refractivity contribution in [3.05, 3.63) is 11.8 Å². The van der Waals surface area contributed by atoms with Crippen LogP contribution >= 0.6 is 0 Å². The van der Waals surface area contributed by atoms with E-state index >= 15 is 0 Å². The first-order chi connectivity index (χ1) is 11.0. The van der Waals surface area contributed by atoms with E-state index in [1.807, 2.05) is 0 Å². The van der Waals surface area contributed by atoms with Crippen molar-refractivity contribution in [1.82, 2.24) is 5.16 Å². The highest BCUT2D eigenvalue weighted by atomic mass is 16.6. The molecular weight excluding hydrogens is 304 g/mol. The number of rotatable bonds is 4. The number of nitrogens with one attached hydrogen (secondary N) is 1. The van der Waals surface area contributed by atoms with Crippen molar-refractivity contribution in [3.63, 3.8) is 0 Å². The van der Waals surface area contributed by atoms with Crippen molar-refractivity contribution in [2.75, 3.05) is 11.9 Å². The number of hydrogen-bond acceptors (Lipinski definition) is 7. The second-order valence-corrected chi connectivity index (χ2v) is 6.40. The summed E-state index contributed by atoms with van der Waals surface area (Å²) in [6.45, 7) is 1.29. The van der Waals surface area contributed by atoms with E-state index in [1.165, 1.54) is 0 Å². The van der Waals surface area contributed by atoms with Gasteiger partial charge in [0, 0.05) is 12.0 Å². The Balaban J connectivity index is 1.34. The summed E-state index contributed by atoms with van der Waals surface area (Å²) in [5.41, 5.74) is 0. The van der Waals surface area contributed by atoms with Gasteiger partial charge in [-0.1, -0.05) is 5.16 Å². The summed E-state index contributed by atoms with van der Waals surface area (Å²) in [4.78, 5) is 35.9. The molecule has 1 aliphatic heterocycles. The van der Waals surface area contributed by atoms with Crippen LogP contribution in [-0.2, 0) is 23.9 Å². The summed E-state index contributed by atoms with van der Waals surface area (Å²) in [6, 6.07) is 1.56. The average molecular weight is 320 g/mol. The first-order valence-corrected chi connectivity index (χ1v) is 7.63. The van der Waals surface area contributed by atoms with Crippen LogP contribution in [0.1, 0.15) is 18.6 Å². The average Bonchev–Trinajstić information content (AvgIpc) is 3.20. The lowest BCUT2D eigenvalue weighted by Gasteiger charge is -2.22. The Morgan fingerprint density at radius 1 is 1.43 bits per heavy atom. The molecule has 0 radical (unpaired) electrons. The molecule has 4 rings (SSSR count). The quantitative estimate of drug-likeness (QED) is 0.812. The Morgan fingerprint density at radius 3 is 3.00 bits per heavy atom. The van der Waals surface area contributed by atoms with E-state index in [1.54, 1.807) is 13.0 Å². The summed E-state index contributed by atoms with van der Waals surface area (Å²) in [5.74, 6) is -1.08. The molecular formula is C15H16N2O6. The summed E-state index contributed by atoms with van der Waals surface area (Å²) >= 11 is 0. The van der Waals surface area contributed by atoms with E-state index in [4.69, 9.17) is 14.0 Å². The third-order valence-electron chi connectivity index (χ3n) is 5.00. The van der Waals surface area contributed by atoms with Gasteiger partial charge in [0.2, 0.25) is 0 Å². The van der Waals surface area contributed by atoms with Gasteiger partial charge in [-0.2, -0.15) is 0 Å². The third kappa shape index (κ3) is 2.29. The Hall–Kier alpha value is -2.38. The molecule has 2 aliphatic carbocycles. The van der Waals surface area contributed by atoms with Crippen LogP contribution in [0.3, 0.4) is 0 Å². The predicted octanol–water partition coefficient (Wildman–Crippen LogP) is 0.662. The van der Waals surface area contributed by atoms with Gasteiger partial charge in [0.25, 0.3) is 5.91 Å². The highest BCUT2D eigenvalue weighted by molar-refractivity contribution is 5.92. The SMILES string of the molecule is Cc1cc(NC(=O)COC(=O)[C@H]2[C@@H]3C[C@@H]4[C@@H]2C(=O)O[C@@H]4C3)no1. The first kappa shape index (κ1) is 14.2. The molecule has 2 saturated carbocycles. The number of aromatic nitrogens is 1. The number of anilines is 1. The van der Waals surface area contributed by atoms with Gasteiger partial charge in [-0.05, 0) is 25.7 Å². The van der Waals surface area contributed by atoms with Gasteiger partial charge < -0.3 is 19.3 Å². The van der Waals surface area contributed by atoms with Gasteiger partial charge in [0.1, 0.15) is 11.9 Å². The molecule has 1 aromatic heterocycles. The Bertz CT molecular complexity index is 681. The Morgan fingerprint density at radius 2 is 2.26 bits per heavy atom. The van der Waals surface area contributed by atoms with Crippen LogP contribution in [-0.4, -0.2) is 35.7 Å². The number of hydrogen-bond donors (Lipinski definition) is 1. The van der Waals surface area contributed by atoms with Crippen molar-refractivity contribution in [3.8, 4) is 0 Å². The molecule has 1 aromatic rings. The Labute approximate surface area is 131 Å². The molecule has 122 valence electrons. The second-order valence-electron chi connectivity index (χ2n) is 6.40. The third-order valence-corrected chi connectivity index (χ3v) is 5.00. The van der Waals surface area contributed by atoms with Crippen molar-refractivity contribution < 1.29 is 28.4 Å². The molecule has 1 N–H and O–H groups in total. The molecule has 2 bridgehead atoms. The van der Waals surface area contributed by atoms with Gasteiger partial charge in [-0.25, -0.2) is 0 Å². The molecule has 0 aromatic carbocycles. The van der Waals surface area contributed by atoms with E-state index < -0.39 is 30.3 Å². The molecule has 8 heteroatoms. The van der Waals surface area contributed by atoms with E-state index in [-0.39, 0.29) is 29.7 Å². The zero-order chi connectivity index (χ0) is 16.1. The van der Waals surface area contributed by atoms with Crippen molar-refractivity contribution in [2.24, 2.45) is 23.7 Å². The van der Waals surface area contributed by atoms with Crippen LogP contribution in [0, 0.1) is 30.6 Å². The van der Waals surface area contributed by atoms with E-state index in [9.17, 15) is 14.4 Å². The van der Waals surface area contributed by atoms with Gasteiger partial charge in [-0.15, -0.1) is 0 Å². The standard InChI is InChI=1S/C15H16N2O6/c1-6-2-10(17-23-6)16-11(18)5-21-14(19)12-7-3-8-9(4-7)22-15(20)13(8)12/h2,7-9,12-13H,3-5H2,1H3,(H,16,17,18)/t7-,8+,9-,12+,13+/m1/s1. The lowest BCUT2D eigenvalue weighted by molar-refractivity contribution is -0.157. The molecule has 5 atom stereocenters. The summed E-state index contributed by atoms with van der Waals surface area (Å²) in [6.07, 6.45) is 1.52. The van der Waals surface area contributed by atoms with Crippen LogP contribution in [0.25, 0.3) is 0 Å². The zero-order valence-electron chi connectivity index (χ0n) is 12.5. The van der Waals surface area contributed by atoms with E-state index in [2.05, 4.69) is 10.5 Å².